The predicted molar refractivity (Wildman–Crippen MR) is 143 cm³/mol. The van der Waals surface area contributed by atoms with Gasteiger partial charge in [-0.15, -0.1) is 6.42 Å². The molecule has 0 saturated carbocycles. The molecule has 1 aromatic heterocycles. The number of aromatic amines is 1. The van der Waals surface area contributed by atoms with Gasteiger partial charge in [0.25, 0.3) is 5.91 Å². The highest BCUT2D eigenvalue weighted by molar-refractivity contribution is 5.98. The van der Waals surface area contributed by atoms with Crippen molar-refractivity contribution in [2.24, 2.45) is 0 Å². The fraction of sp³-hybridized carbons (Fsp3) is 0.233. The third kappa shape index (κ3) is 6.24. The highest BCUT2D eigenvalue weighted by atomic mass is 16.7. The number of rotatable bonds is 7. The van der Waals surface area contributed by atoms with E-state index in [1.54, 1.807) is 18.2 Å². The molecular weight excluding hydrogens is 468 g/mol. The molecule has 4 aromatic rings. The lowest BCUT2D eigenvalue weighted by Gasteiger charge is -2.19. The molecule has 0 fully saturated rings. The summed E-state index contributed by atoms with van der Waals surface area (Å²) in [6.07, 6.45) is 7.85. The molecule has 1 atom stereocenters. The zero-order chi connectivity index (χ0) is 26.2. The maximum Gasteiger partial charge on any atom is 0.255 e. The van der Waals surface area contributed by atoms with Crippen LogP contribution in [0.3, 0.4) is 0 Å². The van der Waals surface area contributed by atoms with Crippen molar-refractivity contribution in [1.82, 2.24) is 10.3 Å². The summed E-state index contributed by atoms with van der Waals surface area (Å²) in [5.74, 6) is 4.31. The van der Waals surface area contributed by atoms with Crippen molar-refractivity contribution in [3.63, 3.8) is 0 Å². The first-order valence-corrected chi connectivity index (χ1v) is 12.1. The average Bonchev–Trinajstić information content (AvgIpc) is 3.55. The molecule has 1 aliphatic heterocycles. The van der Waals surface area contributed by atoms with E-state index in [1.165, 1.54) is 0 Å². The van der Waals surface area contributed by atoms with E-state index < -0.39 is 6.04 Å². The van der Waals surface area contributed by atoms with Gasteiger partial charge in [0.05, 0.1) is 29.9 Å². The van der Waals surface area contributed by atoms with E-state index in [1.807, 2.05) is 68.6 Å². The molecule has 7 nitrogen and oxygen atoms in total. The zero-order valence-electron chi connectivity index (χ0n) is 20.9. The maximum atomic E-state index is 12.9. The monoisotopic (exact) mass is 498 g/mol. The summed E-state index contributed by atoms with van der Waals surface area (Å²) in [5.41, 5.74) is 2.95. The van der Waals surface area contributed by atoms with Gasteiger partial charge in [-0.2, -0.15) is 0 Å². The van der Waals surface area contributed by atoms with Gasteiger partial charge in [-0.05, 0) is 56.2 Å². The van der Waals surface area contributed by atoms with Gasteiger partial charge in [-0.25, -0.2) is 0 Å². The Kier molecular flexibility index (Phi) is 8.34. The molecule has 0 spiro atoms. The number of ether oxygens (including phenoxy) is 3. The number of aliphatic hydroxyl groups excluding tert-OH is 1. The minimum Gasteiger partial charge on any atom is -0.489 e. The first kappa shape index (κ1) is 25.7. The minimum absolute atomic E-state index is 0.124. The molecule has 0 unspecified atom stereocenters. The number of terminal acetylenes is 1. The van der Waals surface area contributed by atoms with Crippen LogP contribution in [0.25, 0.3) is 10.9 Å². The summed E-state index contributed by atoms with van der Waals surface area (Å²) in [4.78, 5) is 16.1. The van der Waals surface area contributed by atoms with Crippen molar-refractivity contribution in [3.05, 3.63) is 89.6 Å². The van der Waals surface area contributed by atoms with E-state index >= 15 is 0 Å². The Morgan fingerprint density at radius 3 is 2.46 bits per heavy atom. The van der Waals surface area contributed by atoms with Crippen LogP contribution >= 0.6 is 0 Å². The van der Waals surface area contributed by atoms with E-state index in [2.05, 4.69) is 16.2 Å². The number of hydrogen-bond donors (Lipinski definition) is 3. The molecule has 0 bridgehead atoms. The van der Waals surface area contributed by atoms with Crippen LogP contribution in [0.2, 0.25) is 0 Å². The molecule has 190 valence electrons. The fourth-order valence-electron chi connectivity index (χ4n) is 4.03. The molecular formula is C30H30N2O5. The number of carbonyl (C=O) groups is 1. The maximum absolute atomic E-state index is 12.9. The number of H-pyrrole nitrogens is 1. The second kappa shape index (κ2) is 12.0. The number of amides is 1. The van der Waals surface area contributed by atoms with Crippen LogP contribution in [-0.2, 0) is 6.42 Å². The van der Waals surface area contributed by atoms with Crippen molar-refractivity contribution in [2.75, 3.05) is 13.4 Å². The molecule has 5 rings (SSSR count). The van der Waals surface area contributed by atoms with Crippen LogP contribution in [-0.4, -0.2) is 41.5 Å². The third-order valence-electron chi connectivity index (χ3n) is 5.74. The lowest BCUT2D eigenvalue weighted by Crippen LogP contribution is -2.39. The van der Waals surface area contributed by atoms with Gasteiger partial charge in [0.2, 0.25) is 6.79 Å². The Hall–Kier alpha value is -4.41. The molecule has 3 N–H and O–H groups in total. The van der Waals surface area contributed by atoms with E-state index in [0.29, 0.717) is 30.1 Å². The average molecular weight is 499 g/mol. The second-order valence-electron chi connectivity index (χ2n) is 8.76. The van der Waals surface area contributed by atoms with Gasteiger partial charge in [0, 0.05) is 17.1 Å². The van der Waals surface area contributed by atoms with E-state index in [-0.39, 0.29) is 18.6 Å². The quantitative estimate of drug-likeness (QED) is 0.322. The van der Waals surface area contributed by atoms with E-state index in [9.17, 15) is 9.90 Å². The Balaban J connectivity index is 0.000000295. The third-order valence-corrected chi connectivity index (χ3v) is 5.74. The standard InChI is InChI=1S/C23H24N2O3.C7H6O2/c1-4-16-8-7-10-20(22(16)28-15(2)3)23(27)25-18(14-26)12-17-13-24-21-11-6-5-9-19(17)21;1-2-4-7-6(3-1)8-5-9-7/h1,5-11,13,15,18,24,26H,12,14H2,2-3H3,(H,25,27);1-4H,5H2/t18-;/m1./s1. The van der Waals surface area contributed by atoms with Crippen molar-refractivity contribution < 1.29 is 24.1 Å². The Bertz CT molecular complexity index is 1380. The van der Waals surface area contributed by atoms with Crippen LogP contribution < -0.4 is 19.5 Å². The minimum atomic E-state index is -0.437. The van der Waals surface area contributed by atoms with Crippen molar-refractivity contribution in [2.45, 2.75) is 32.4 Å². The summed E-state index contributed by atoms with van der Waals surface area (Å²) >= 11 is 0. The Morgan fingerprint density at radius 2 is 1.78 bits per heavy atom. The van der Waals surface area contributed by atoms with Crippen LogP contribution in [0.15, 0.2) is 72.9 Å². The molecule has 1 aliphatic rings. The lowest BCUT2D eigenvalue weighted by molar-refractivity contribution is 0.0910. The normalized spacial score (nSPS) is 12.4. The van der Waals surface area contributed by atoms with Gasteiger partial charge in [-0.3, -0.25) is 4.79 Å². The van der Waals surface area contributed by atoms with E-state index in [4.69, 9.17) is 20.6 Å². The molecule has 0 aliphatic carbocycles. The van der Waals surface area contributed by atoms with Crippen LogP contribution in [0, 0.1) is 12.3 Å². The van der Waals surface area contributed by atoms with Crippen molar-refractivity contribution in [3.8, 4) is 29.6 Å². The van der Waals surface area contributed by atoms with Gasteiger partial charge in [0.15, 0.2) is 11.5 Å². The summed E-state index contributed by atoms with van der Waals surface area (Å²) in [6.45, 7) is 3.94. The highest BCUT2D eigenvalue weighted by Crippen LogP contribution is 2.30. The summed E-state index contributed by atoms with van der Waals surface area (Å²) in [5, 5.41) is 13.8. The topological polar surface area (TPSA) is 92.8 Å². The molecule has 7 heteroatoms. The zero-order valence-corrected chi connectivity index (χ0v) is 20.9. The van der Waals surface area contributed by atoms with Crippen LogP contribution in [0.1, 0.15) is 35.3 Å². The number of aliphatic hydroxyl groups is 1. The Labute approximate surface area is 216 Å². The van der Waals surface area contributed by atoms with Crippen LogP contribution in [0.5, 0.6) is 17.2 Å². The molecule has 0 saturated heterocycles. The number of hydrogen-bond acceptors (Lipinski definition) is 5. The van der Waals surface area contributed by atoms with Gasteiger partial charge in [0.1, 0.15) is 5.75 Å². The SMILES string of the molecule is C#Cc1cccc(C(=O)N[C@@H](CO)Cc2c[nH]c3ccccc23)c1OC(C)C.c1ccc2c(c1)OCO2. The Morgan fingerprint density at radius 1 is 1.08 bits per heavy atom. The summed E-state index contributed by atoms with van der Waals surface area (Å²) in [6, 6.07) is 20.3. The first-order valence-electron chi connectivity index (χ1n) is 12.1. The van der Waals surface area contributed by atoms with Gasteiger partial charge in [-0.1, -0.05) is 42.3 Å². The number of benzene rings is 3. The lowest BCUT2D eigenvalue weighted by atomic mass is 10.0. The number of fused-ring (bicyclic) bond motifs is 2. The second-order valence-corrected chi connectivity index (χ2v) is 8.76. The number of aromatic nitrogens is 1. The largest absolute Gasteiger partial charge is 0.489 e. The van der Waals surface area contributed by atoms with Gasteiger partial charge >= 0.3 is 0 Å². The predicted octanol–water partition coefficient (Wildman–Crippen LogP) is 4.69. The molecule has 0 radical (unpaired) electrons. The fourth-order valence-corrected chi connectivity index (χ4v) is 4.03. The summed E-state index contributed by atoms with van der Waals surface area (Å²) < 4.78 is 15.9. The molecule has 37 heavy (non-hydrogen) atoms. The van der Waals surface area contributed by atoms with Crippen LogP contribution in [0.4, 0.5) is 0 Å². The van der Waals surface area contributed by atoms with Gasteiger partial charge < -0.3 is 29.6 Å². The van der Waals surface area contributed by atoms with E-state index in [0.717, 1.165) is 28.0 Å². The number of nitrogens with one attached hydrogen (secondary N) is 2. The molecule has 2 heterocycles. The first-order chi connectivity index (χ1) is 18.0. The van der Waals surface area contributed by atoms with Crippen molar-refractivity contribution >= 4 is 16.8 Å². The number of para-hydroxylation sites is 4. The molecule has 1 amide bonds. The highest BCUT2D eigenvalue weighted by Gasteiger charge is 2.20. The number of carbonyl (C=O) groups excluding carboxylic acids is 1. The molecule has 3 aromatic carbocycles. The summed E-state index contributed by atoms with van der Waals surface area (Å²) in [7, 11) is 0. The smallest absolute Gasteiger partial charge is 0.255 e. The van der Waals surface area contributed by atoms with Crippen molar-refractivity contribution in [1.29, 1.82) is 0 Å².